The average molecular weight is 259 g/mol. The summed E-state index contributed by atoms with van der Waals surface area (Å²) in [5.74, 6) is -0.161. The van der Waals surface area contributed by atoms with Crippen LogP contribution in [0.2, 0.25) is 0 Å². The van der Waals surface area contributed by atoms with Crippen LogP contribution in [-0.2, 0) is 11.8 Å². The smallest absolute Gasteiger partial charge is 0.295 e. The van der Waals surface area contributed by atoms with Crippen molar-refractivity contribution < 1.29 is 4.79 Å². The predicted octanol–water partition coefficient (Wildman–Crippen LogP) is 1.83. The number of para-hydroxylation sites is 1. The van der Waals surface area contributed by atoms with Crippen molar-refractivity contribution in [3.8, 4) is 5.69 Å². The quantitative estimate of drug-likeness (QED) is 0.914. The van der Waals surface area contributed by atoms with Crippen LogP contribution in [-0.4, -0.2) is 15.3 Å². The first-order valence-electron chi connectivity index (χ1n) is 6.20. The van der Waals surface area contributed by atoms with Gasteiger partial charge in [-0.15, -0.1) is 0 Å². The minimum absolute atomic E-state index is 0.161. The first kappa shape index (κ1) is 13.1. The number of nitrogens with one attached hydrogen (secondary N) is 1. The van der Waals surface area contributed by atoms with Crippen molar-refractivity contribution in [3.63, 3.8) is 0 Å². The van der Waals surface area contributed by atoms with E-state index in [1.54, 1.807) is 23.3 Å². The second kappa shape index (κ2) is 5.14. The van der Waals surface area contributed by atoms with Gasteiger partial charge in [-0.2, -0.15) is 0 Å². The highest BCUT2D eigenvalue weighted by Crippen LogP contribution is 2.13. The Morgan fingerprint density at radius 2 is 1.89 bits per heavy atom. The fourth-order valence-electron chi connectivity index (χ4n) is 1.94. The third-order valence-electron chi connectivity index (χ3n) is 3.14. The molecule has 0 saturated carbocycles. The number of rotatable bonds is 3. The number of anilines is 1. The van der Waals surface area contributed by atoms with Gasteiger partial charge in [-0.05, 0) is 19.1 Å². The van der Waals surface area contributed by atoms with Gasteiger partial charge in [0, 0.05) is 13.5 Å². The first-order chi connectivity index (χ1) is 9.06. The minimum atomic E-state index is -0.215. The summed E-state index contributed by atoms with van der Waals surface area (Å²) in [7, 11) is 1.80. The molecule has 0 spiro atoms. The number of carbonyl (C=O) groups is 1. The molecule has 100 valence electrons. The van der Waals surface area contributed by atoms with Crippen LogP contribution in [0.25, 0.3) is 5.69 Å². The molecule has 0 bridgehead atoms. The van der Waals surface area contributed by atoms with E-state index in [1.165, 1.54) is 0 Å². The zero-order chi connectivity index (χ0) is 14.0. The lowest BCUT2D eigenvalue weighted by Crippen LogP contribution is -2.22. The van der Waals surface area contributed by atoms with E-state index in [2.05, 4.69) is 5.32 Å². The lowest BCUT2D eigenvalue weighted by atomic mass is 10.3. The molecule has 0 saturated heterocycles. The molecule has 0 aliphatic rings. The molecule has 5 nitrogen and oxygen atoms in total. The number of hydrogen-bond acceptors (Lipinski definition) is 2. The molecule has 5 heteroatoms. The molecule has 0 atom stereocenters. The topological polar surface area (TPSA) is 56.0 Å². The number of hydrogen-bond donors (Lipinski definition) is 1. The largest absolute Gasteiger partial charge is 0.320 e. The molecular weight excluding hydrogens is 242 g/mol. The minimum Gasteiger partial charge on any atom is -0.320 e. The van der Waals surface area contributed by atoms with Gasteiger partial charge in [-0.3, -0.25) is 14.3 Å². The molecular formula is C14H17N3O2. The van der Waals surface area contributed by atoms with Crippen LogP contribution in [0, 0.1) is 6.92 Å². The van der Waals surface area contributed by atoms with Gasteiger partial charge in [0.25, 0.3) is 5.56 Å². The number of benzene rings is 1. The third kappa shape index (κ3) is 2.31. The van der Waals surface area contributed by atoms with E-state index >= 15 is 0 Å². The summed E-state index contributed by atoms with van der Waals surface area (Å²) in [5.41, 5.74) is 1.64. The van der Waals surface area contributed by atoms with Gasteiger partial charge in [0.1, 0.15) is 5.69 Å². The molecule has 0 unspecified atom stereocenters. The van der Waals surface area contributed by atoms with Gasteiger partial charge in [0.15, 0.2) is 0 Å². The number of nitrogens with zero attached hydrogens (tertiary/aromatic N) is 2. The summed E-state index contributed by atoms with van der Waals surface area (Å²) in [6.07, 6.45) is 0.346. The summed E-state index contributed by atoms with van der Waals surface area (Å²) < 4.78 is 3.28. The van der Waals surface area contributed by atoms with Crippen molar-refractivity contribution >= 4 is 11.6 Å². The zero-order valence-electron chi connectivity index (χ0n) is 11.3. The van der Waals surface area contributed by atoms with Gasteiger partial charge < -0.3 is 5.32 Å². The highest BCUT2D eigenvalue weighted by Gasteiger charge is 2.17. The van der Waals surface area contributed by atoms with Crippen LogP contribution in [0.5, 0.6) is 0 Å². The average Bonchev–Trinajstić information content (AvgIpc) is 2.63. The Kier molecular flexibility index (Phi) is 3.55. The van der Waals surface area contributed by atoms with Gasteiger partial charge in [0.05, 0.1) is 11.4 Å². The molecule has 1 amide bonds. The maximum atomic E-state index is 12.4. The Morgan fingerprint density at radius 1 is 1.26 bits per heavy atom. The zero-order valence-corrected chi connectivity index (χ0v) is 11.3. The molecule has 2 rings (SSSR count). The van der Waals surface area contributed by atoms with Crippen LogP contribution in [0.3, 0.4) is 0 Å². The lowest BCUT2D eigenvalue weighted by molar-refractivity contribution is -0.115. The van der Waals surface area contributed by atoms with Crippen LogP contribution in [0.4, 0.5) is 5.69 Å². The van der Waals surface area contributed by atoms with Crippen LogP contribution in [0.15, 0.2) is 35.1 Å². The lowest BCUT2D eigenvalue weighted by Gasteiger charge is -2.07. The van der Waals surface area contributed by atoms with Crippen molar-refractivity contribution in [2.75, 3.05) is 5.32 Å². The molecule has 0 aliphatic carbocycles. The SMILES string of the molecule is CCC(=O)Nc1c(C)n(C)n(-c2ccccc2)c1=O. The fraction of sp³-hybridized carbons (Fsp3) is 0.286. The van der Waals surface area contributed by atoms with Crippen molar-refractivity contribution in [3.05, 3.63) is 46.4 Å². The Balaban J connectivity index is 2.56. The van der Waals surface area contributed by atoms with Crippen molar-refractivity contribution in [1.82, 2.24) is 9.36 Å². The van der Waals surface area contributed by atoms with E-state index < -0.39 is 0 Å². The highest BCUT2D eigenvalue weighted by atomic mass is 16.2. The van der Waals surface area contributed by atoms with E-state index in [4.69, 9.17) is 0 Å². The normalized spacial score (nSPS) is 10.5. The van der Waals surface area contributed by atoms with Gasteiger partial charge in [0.2, 0.25) is 5.91 Å². The second-order valence-electron chi connectivity index (χ2n) is 4.34. The Bertz CT molecular complexity index is 653. The number of amides is 1. The van der Waals surface area contributed by atoms with E-state index in [9.17, 15) is 9.59 Å². The van der Waals surface area contributed by atoms with E-state index in [1.807, 2.05) is 37.3 Å². The summed E-state index contributed by atoms with van der Waals surface area (Å²) in [5, 5.41) is 2.67. The molecule has 1 aromatic heterocycles. The molecule has 1 N–H and O–H groups in total. The molecule has 0 radical (unpaired) electrons. The standard InChI is InChI=1S/C14H17N3O2/c1-4-12(18)15-13-10(2)16(3)17(14(13)19)11-8-6-5-7-9-11/h5-9H,4H2,1-3H3,(H,15,18). The number of aromatic nitrogens is 2. The number of carbonyl (C=O) groups excluding carboxylic acids is 1. The maximum Gasteiger partial charge on any atom is 0.295 e. The van der Waals surface area contributed by atoms with Gasteiger partial charge in [-0.1, -0.05) is 25.1 Å². The van der Waals surface area contributed by atoms with Crippen molar-refractivity contribution in [2.24, 2.45) is 7.05 Å². The summed E-state index contributed by atoms with van der Waals surface area (Å²) in [6.45, 7) is 3.56. The fourth-order valence-corrected chi connectivity index (χ4v) is 1.94. The van der Waals surface area contributed by atoms with Crippen LogP contribution >= 0.6 is 0 Å². The molecule has 0 fully saturated rings. The third-order valence-corrected chi connectivity index (χ3v) is 3.14. The molecule has 1 heterocycles. The van der Waals surface area contributed by atoms with Gasteiger partial charge >= 0.3 is 0 Å². The molecule has 2 aromatic rings. The highest BCUT2D eigenvalue weighted by molar-refractivity contribution is 5.90. The van der Waals surface area contributed by atoms with Crippen LogP contribution in [0.1, 0.15) is 19.0 Å². The predicted molar refractivity (Wildman–Crippen MR) is 74.7 cm³/mol. The van der Waals surface area contributed by atoms with Crippen molar-refractivity contribution in [1.29, 1.82) is 0 Å². The Morgan fingerprint density at radius 3 is 2.47 bits per heavy atom. The van der Waals surface area contributed by atoms with Crippen LogP contribution < -0.4 is 10.9 Å². The first-order valence-corrected chi connectivity index (χ1v) is 6.20. The summed E-state index contributed by atoms with van der Waals surface area (Å²) in [4.78, 5) is 23.9. The molecule has 0 aliphatic heterocycles. The summed E-state index contributed by atoms with van der Waals surface area (Å²) in [6, 6.07) is 9.34. The Labute approximate surface area is 111 Å². The molecule has 19 heavy (non-hydrogen) atoms. The molecule has 1 aromatic carbocycles. The Hall–Kier alpha value is -2.30. The van der Waals surface area contributed by atoms with Crippen molar-refractivity contribution in [2.45, 2.75) is 20.3 Å². The maximum absolute atomic E-state index is 12.4. The van der Waals surface area contributed by atoms with E-state index in [-0.39, 0.29) is 11.5 Å². The van der Waals surface area contributed by atoms with E-state index in [0.717, 1.165) is 11.4 Å². The monoisotopic (exact) mass is 259 g/mol. The summed E-state index contributed by atoms with van der Waals surface area (Å²) >= 11 is 0. The second-order valence-corrected chi connectivity index (χ2v) is 4.34. The van der Waals surface area contributed by atoms with E-state index in [0.29, 0.717) is 12.1 Å². The van der Waals surface area contributed by atoms with Gasteiger partial charge in [-0.25, -0.2) is 4.68 Å².